The van der Waals surface area contributed by atoms with E-state index in [9.17, 15) is 0 Å². The third-order valence-corrected chi connectivity index (χ3v) is 2.80. The lowest BCUT2D eigenvalue weighted by Gasteiger charge is -2.14. The molecule has 0 spiro atoms. The van der Waals surface area contributed by atoms with Crippen molar-refractivity contribution >= 4 is 0 Å². The molecule has 3 heteroatoms. The summed E-state index contributed by atoms with van der Waals surface area (Å²) >= 11 is 0. The molecule has 0 saturated heterocycles. The molecule has 88 valence electrons. The van der Waals surface area contributed by atoms with Crippen molar-refractivity contribution in [2.75, 3.05) is 6.79 Å². The second kappa shape index (κ2) is 4.74. The molecule has 2 atom stereocenters. The minimum absolute atomic E-state index is 0.268. The summed E-state index contributed by atoms with van der Waals surface area (Å²) in [4.78, 5) is 0. The van der Waals surface area contributed by atoms with Crippen LogP contribution in [0.3, 0.4) is 0 Å². The van der Waals surface area contributed by atoms with Crippen LogP contribution in [-0.4, -0.2) is 12.8 Å². The van der Waals surface area contributed by atoms with Crippen molar-refractivity contribution in [1.82, 2.24) is 0 Å². The summed E-state index contributed by atoms with van der Waals surface area (Å²) in [7, 11) is 0. The van der Waals surface area contributed by atoms with E-state index in [2.05, 4.69) is 26.0 Å². The van der Waals surface area contributed by atoms with Gasteiger partial charge in [-0.2, -0.15) is 0 Å². The maximum absolute atomic E-state index is 5.79. The standard InChI is InChI=1S/C13H19NO2/c1-9(5-10(2)14)6-11-3-4-12-13(7-11)16-8-15-12/h3-4,7,9-10H,5-6,8,14H2,1-2H3. The third kappa shape index (κ3) is 2.67. The Morgan fingerprint density at radius 1 is 1.25 bits per heavy atom. The molecule has 16 heavy (non-hydrogen) atoms. The normalized spacial score (nSPS) is 17.2. The molecular weight excluding hydrogens is 202 g/mol. The molecule has 2 unspecified atom stereocenters. The Morgan fingerprint density at radius 3 is 2.75 bits per heavy atom. The van der Waals surface area contributed by atoms with E-state index in [4.69, 9.17) is 15.2 Å². The summed E-state index contributed by atoms with van der Waals surface area (Å²) in [5.41, 5.74) is 7.08. The van der Waals surface area contributed by atoms with Gasteiger partial charge in [0.25, 0.3) is 0 Å². The lowest BCUT2D eigenvalue weighted by atomic mass is 9.95. The predicted octanol–water partition coefficient (Wildman–Crippen LogP) is 2.33. The van der Waals surface area contributed by atoms with Crippen molar-refractivity contribution in [2.24, 2.45) is 11.7 Å². The van der Waals surface area contributed by atoms with Crippen LogP contribution in [0.25, 0.3) is 0 Å². The van der Waals surface area contributed by atoms with E-state index in [0.29, 0.717) is 12.7 Å². The highest BCUT2D eigenvalue weighted by Crippen LogP contribution is 2.33. The zero-order chi connectivity index (χ0) is 11.5. The van der Waals surface area contributed by atoms with Gasteiger partial charge in [-0.05, 0) is 43.4 Å². The van der Waals surface area contributed by atoms with Gasteiger partial charge in [-0.15, -0.1) is 0 Å². The second-order valence-corrected chi connectivity index (χ2v) is 4.71. The third-order valence-electron chi connectivity index (χ3n) is 2.80. The highest BCUT2D eigenvalue weighted by molar-refractivity contribution is 5.44. The fourth-order valence-electron chi connectivity index (χ4n) is 2.19. The van der Waals surface area contributed by atoms with Gasteiger partial charge < -0.3 is 15.2 Å². The van der Waals surface area contributed by atoms with Crippen molar-refractivity contribution in [3.05, 3.63) is 23.8 Å². The van der Waals surface area contributed by atoms with E-state index in [1.165, 1.54) is 5.56 Å². The van der Waals surface area contributed by atoms with E-state index in [-0.39, 0.29) is 6.04 Å². The number of hydrogen-bond acceptors (Lipinski definition) is 3. The van der Waals surface area contributed by atoms with Crippen LogP contribution in [0.2, 0.25) is 0 Å². The van der Waals surface area contributed by atoms with Gasteiger partial charge in [0.2, 0.25) is 6.79 Å². The molecule has 1 aromatic carbocycles. The van der Waals surface area contributed by atoms with E-state index >= 15 is 0 Å². The first-order chi connectivity index (χ1) is 7.65. The Morgan fingerprint density at radius 2 is 2.00 bits per heavy atom. The molecule has 0 bridgehead atoms. The Balaban J connectivity index is 1.99. The molecule has 1 aliphatic rings. The molecule has 0 radical (unpaired) electrons. The van der Waals surface area contributed by atoms with Crippen LogP contribution in [0.1, 0.15) is 25.8 Å². The molecule has 0 fully saturated rings. The topological polar surface area (TPSA) is 44.5 Å². The van der Waals surface area contributed by atoms with Gasteiger partial charge in [0.05, 0.1) is 0 Å². The summed E-state index contributed by atoms with van der Waals surface area (Å²) in [5, 5.41) is 0. The highest BCUT2D eigenvalue weighted by atomic mass is 16.7. The van der Waals surface area contributed by atoms with Crippen LogP contribution >= 0.6 is 0 Å². The average Bonchev–Trinajstić information content (AvgIpc) is 2.63. The van der Waals surface area contributed by atoms with Crippen molar-refractivity contribution in [3.8, 4) is 11.5 Å². The van der Waals surface area contributed by atoms with Gasteiger partial charge in [-0.25, -0.2) is 0 Å². The maximum atomic E-state index is 5.79. The van der Waals surface area contributed by atoms with E-state index in [0.717, 1.165) is 24.3 Å². The zero-order valence-corrected chi connectivity index (χ0v) is 9.90. The predicted molar refractivity (Wildman–Crippen MR) is 63.7 cm³/mol. The van der Waals surface area contributed by atoms with Gasteiger partial charge in [-0.1, -0.05) is 13.0 Å². The number of nitrogens with two attached hydrogens (primary N) is 1. The molecule has 0 amide bonds. The monoisotopic (exact) mass is 221 g/mol. The van der Waals surface area contributed by atoms with Crippen LogP contribution in [0.4, 0.5) is 0 Å². The number of ether oxygens (including phenoxy) is 2. The largest absolute Gasteiger partial charge is 0.454 e. The summed E-state index contributed by atoms with van der Waals surface area (Å²) in [6.07, 6.45) is 2.09. The molecule has 2 N–H and O–H groups in total. The van der Waals surface area contributed by atoms with Crippen molar-refractivity contribution < 1.29 is 9.47 Å². The maximum Gasteiger partial charge on any atom is 0.231 e. The molecule has 0 aliphatic carbocycles. The lowest BCUT2D eigenvalue weighted by Crippen LogP contribution is -2.19. The Labute approximate surface area is 96.5 Å². The summed E-state index contributed by atoms with van der Waals surface area (Å²) in [6, 6.07) is 6.42. The number of fused-ring (bicyclic) bond motifs is 1. The molecule has 1 aliphatic heterocycles. The quantitative estimate of drug-likeness (QED) is 0.848. The Kier molecular flexibility index (Phi) is 3.34. The summed E-state index contributed by atoms with van der Waals surface area (Å²) in [6.45, 7) is 4.62. The Hall–Kier alpha value is -1.22. The van der Waals surface area contributed by atoms with Crippen LogP contribution in [-0.2, 0) is 6.42 Å². The number of hydrogen-bond donors (Lipinski definition) is 1. The van der Waals surface area contributed by atoms with Crippen molar-refractivity contribution in [2.45, 2.75) is 32.7 Å². The van der Waals surface area contributed by atoms with Crippen LogP contribution in [0.5, 0.6) is 11.5 Å². The first-order valence-electron chi connectivity index (χ1n) is 5.79. The molecular formula is C13H19NO2. The minimum Gasteiger partial charge on any atom is -0.454 e. The molecule has 1 heterocycles. The van der Waals surface area contributed by atoms with Gasteiger partial charge in [-0.3, -0.25) is 0 Å². The lowest BCUT2D eigenvalue weighted by molar-refractivity contribution is 0.174. The van der Waals surface area contributed by atoms with Crippen LogP contribution in [0.15, 0.2) is 18.2 Å². The molecule has 0 saturated carbocycles. The van der Waals surface area contributed by atoms with Gasteiger partial charge in [0.1, 0.15) is 0 Å². The van der Waals surface area contributed by atoms with Crippen LogP contribution < -0.4 is 15.2 Å². The van der Waals surface area contributed by atoms with Gasteiger partial charge in [0, 0.05) is 6.04 Å². The van der Waals surface area contributed by atoms with Crippen molar-refractivity contribution in [3.63, 3.8) is 0 Å². The number of rotatable bonds is 4. The van der Waals surface area contributed by atoms with Gasteiger partial charge >= 0.3 is 0 Å². The summed E-state index contributed by atoms with van der Waals surface area (Å²) < 4.78 is 10.6. The van der Waals surface area contributed by atoms with Crippen LogP contribution in [0, 0.1) is 5.92 Å². The first-order valence-corrected chi connectivity index (χ1v) is 5.79. The van der Waals surface area contributed by atoms with E-state index < -0.39 is 0 Å². The zero-order valence-electron chi connectivity index (χ0n) is 9.90. The first kappa shape index (κ1) is 11.3. The minimum atomic E-state index is 0.268. The SMILES string of the molecule is CC(N)CC(C)Cc1ccc2c(c1)OCO2. The summed E-state index contributed by atoms with van der Waals surface area (Å²) in [5.74, 6) is 2.31. The van der Waals surface area contributed by atoms with E-state index in [1.807, 2.05) is 6.07 Å². The molecule has 1 aromatic rings. The van der Waals surface area contributed by atoms with E-state index in [1.54, 1.807) is 0 Å². The average molecular weight is 221 g/mol. The molecule has 2 rings (SSSR count). The fourth-order valence-corrected chi connectivity index (χ4v) is 2.19. The molecule has 0 aromatic heterocycles. The molecule has 3 nitrogen and oxygen atoms in total. The number of benzene rings is 1. The smallest absolute Gasteiger partial charge is 0.231 e. The second-order valence-electron chi connectivity index (χ2n) is 4.71. The van der Waals surface area contributed by atoms with Crippen molar-refractivity contribution in [1.29, 1.82) is 0 Å². The Bertz CT molecular complexity index is 363. The van der Waals surface area contributed by atoms with Gasteiger partial charge in [0.15, 0.2) is 11.5 Å². The highest BCUT2D eigenvalue weighted by Gasteiger charge is 2.14. The fraction of sp³-hybridized carbons (Fsp3) is 0.538.